The number of anilines is 1. The number of thioether (sulfide) groups is 1. The summed E-state index contributed by atoms with van der Waals surface area (Å²) >= 11 is 11.1. The Morgan fingerprint density at radius 3 is 2.85 bits per heavy atom. The van der Waals surface area contributed by atoms with E-state index in [1.165, 1.54) is 12.1 Å². The van der Waals surface area contributed by atoms with Crippen LogP contribution in [-0.2, 0) is 4.74 Å². The molecule has 7 heteroatoms. The van der Waals surface area contributed by atoms with Crippen molar-refractivity contribution in [2.24, 2.45) is 4.99 Å². The van der Waals surface area contributed by atoms with Gasteiger partial charge >= 0.3 is 0 Å². The van der Waals surface area contributed by atoms with Gasteiger partial charge in [0, 0.05) is 23.4 Å². The van der Waals surface area contributed by atoms with Crippen LogP contribution >= 0.6 is 39.3 Å². The molecular weight excluding hydrogens is 367 g/mol. The lowest BCUT2D eigenvalue weighted by Crippen LogP contribution is -2.34. The molecule has 0 radical (unpaired) electrons. The highest BCUT2D eigenvalue weighted by Gasteiger charge is 2.37. The van der Waals surface area contributed by atoms with E-state index in [1.807, 2.05) is 0 Å². The summed E-state index contributed by atoms with van der Waals surface area (Å²) < 4.78 is 19.2. The lowest BCUT2D eigenvalue weighted by molar-refractivity contribution is 0.0624. The second-order valence-corrected chi connectivity index (χ2v) is 7.14. The molecule has 1 saturated heterocycles. The van der Waals surface area contributed by atoms with Crippen LogP contribution in [0.3, 0.4) is 0 Å². The molecule has 0 bridgehead atoms. The molecule has 0 atom stereocenters. The van der Waals surface area contributed by atoms with Gasteiger partial charge in [0.2, 0.25) is 0 Å². The van der Waals surface area contributed by atoms with E-state index in [2.05, 4.69) is 21.2 Å². The van der Waals surface area contributed by atoms with Crippen molar-refractivity contribution in [1.82, 2.24) is 0 Å². The van der Waals surface area contributed by atoms with Crippen LogP contribution in [0.15, 0.2) is 21.6 Å². The zero-order valence-corrected chi connectivity index (χ0v) is 13.7. The highest BCUT2D eigenvalue weighted by atomic mass is 79.9. The molecule has 2 aliphatic heterocycles. The van der Waals surface area contributed by atoms with Gasteiger partial charge in [-0.15, -0.1) is 0 Å². The van der Waals surface area contributed by atoms with E-state index in [9.17, 15) is 4.39 Å². The molecule has 2 heterocycles. The fourth-order valence-electron chi connectivity index (χ4n) is 2.32. The molecule has 0 unspecified atom stereocenters. The molecule has 0 aromatic heterocycles. The predicted molar refractivity (Wildman–Crippen MR) is 85.4 cm³/mol. The van der Waals surface area contributed by atoms with E-state index in [-0.39, 0.29) is 11.4 Å². The van der Waals surface area contributed by atoms with Crippen molar-refractivity contribution in [1.29, 1.82) is 0 Å². The Balaban J connectivity index is 1.80. The standard InChI is InChI=1S/C13H13BrClFN2OS/c14-9-5-8(16)6-10(15)11(9)17-12-18-13(7-20-12)1-3-19-4-2-13/h5-6H,1-4,7H2,(H,17,18). The van der Waals surface area contributed by atoms with Crippen LogP contribution in [0.5, 0.6) is 0 Å². The normalized spacial score (nSPS) is 21.1. The molecule has 1 aromatic rings. The minimum absolute atomic E-state index is 0.00969. The maximum atomic E-state index is 13.2. The van der Waals surface area contributed by atoms with Gasteiger partial charge in [0.25, 0.3) is 0 Å². The van der Waals surface area contributed by atoms with Crippen molar-refractivity contribution < 1.29 is 9.13 Å². The van der Waals surface area contributed by atoms with E-state index in [0.717, 1.165) is 37.0 Å². The molecule has 3 nitrogen and oxygen atoms in total. The van der Waals surface area contributed by atoms with Gasteiger partial charge in [-0.25, -0.2) is 4.39 Å². The first kappa shape index (κ1) is 14.6. The molecule has 0 amide bonds. The van der Waals surface area contributed by atoms with E-state index in [1.54, 1.807) is 11.8 Å². The smallest absolute Gasteiger partial charge is 0.161 e. The highest BCUT2D eigenvalue weighted by Crippen LogP contribution is 2.38. The molecule has 2 aliphatic rings. The van der Waals surface area contributed by atoms with Gasteiger partial charge in [0.05, 0.1) is 16.2 Å². The third-order valence-corrected chi connectivity index (χ3v) is 5.55. The number of ether oxygens (including phenoxy) is 1. The van der Waals surface area contributed by atoms with Crippen LogP contribution in [0, 0.1) is 5.82 Å². The van der Waals surface area contributed by atoms with E-state index in [0.29, 0.717) is 15.2 Å². The summed E-state index contributed by atoms with van der Waals surface area (Å²) in [6.07, 6.45) is 1.90. The topological polar surface area (TPSA) is 33.6 Å². The second-order valence-electron chi connectivity index (χ2n) is 4.91. The van der Waals surface area contributed by atoms with Crippen LogP contribution in [0.25, 0.3) is 0 Å². The molecule has 1 fully saturated rings. The van der Waals surface area contributed by atoms with Crippen LogP contribution in [-0.4, -0.2) is 29.7 Å². The molecule has 108 valence electrons. The summed E-state index contributed by atoms with van der Waals surface area (Å²) in [5.74, 6) is 0.587. The third-order valence-electron chi connectivity index (χ3n) is 3.48. The number of rotatable bonds is 1. The van der Waals surface area contributed by atoms with E-state index < -0.39 is 0 Å². The first-order valence-corrected chi connectivity index (χ1v) is 8.46. The predicted octanol–water partition coefficient (Wildman–Crippen LogP) is 4.31. The zero-order chi connectivity index (χ0) is 14.2. The van der Waals surface area contributed by atoms with Crippen molar-refractivity contribution in [2.45, 2.75) is 18.4 Å². The largest absolute Gasteiger partial charge is 0.381 e. The molecule has 0 saturated carbocycles. The molecule has 1 aromatic carbocycles. The minimum Gasteiger partial charge on any atom is -0.381 e. The molecular formula is C13H13BrClFN2OS. The number of benzene rings is 1. The van der Waals surface area contributed by atoms with Gasteiger partial charge in [-0.2, -0.15) is 0 Å². The average molecular weight is 380 g/mol. The Bertz CT molecular complexity index is 540. The SMILES string of the molecule is Fc1cc(Cl)c(NC2=NC3(CCOCC3)CS2)c(Br)c1. The summed E-state index contributed by atoms with van der Waals surface area (Å²) in [7, 11) is 0. The Labute approximate surface area is 134 Å². The Morgan fingerprint density at radius 1 is 1.40 bits per heavy atom. The number of nitrogens with one attached hydrogen (secondary N) is 1. The number of hydrogen-bond donors (Lipinski definition) is 1. The maximum Gasteiger partial charge on any atom is 0.161 e. The van der Waals surface area contributed by atoms with E-state index in [4.69, 9.17) is 21.3 Å². The monoisotopic (exact) mass is 378 g/mol. The van der Waals surface area contributed by atoms with Gasteiger partial charge in [-0.05, 0) is 40.9 Å². The quantitative estimate of drug-likeness (QED) is 0.789. The van der Waals surface area contributed by atoms with Gasteiger partial charge in [-0.3, -0.25) is 4.99 Å². The fourth-order valence-corrected chi connectivity index (χ4v) is 4.41. The summed E-state index contributed by atoms with van der Waals surface area (Å²) in [5.41, 5.74) is 0.646. The Morgan fingerprint density at radius 2 is 2.15 bits per heavy atom. The number of aliphatic imine (C=N–C) groups is 1. The Kier molecular flexibility index (Phi) is 4.26. The van der Waals surface area contributed by atoms with Crippen LogP contribution in [0.1, 0.15) is 12.8 Å². The van der Waals surface area contributed by atoms with E-state index >= 15 is 0 Å². The third kappa shape index (κ3) is 2.98. The van der Waals surface area contributed by atoms with Crippen LogP contribution in [0.2, 0.25) is 5.02 Å². The number of halogens is 3. The first-order chi connectivity index (χ1) is 9.58. The summed E-state index contributed by atoms with van der Waals surface area (Å²) in [4.78, 5) is 4.79. The van der Waals surface area contributed by atoms with Gasteiger partial charge < -0.3 is 10.1 Å². The van der Waals surface area contributed by atoms with Crippen molar-refractivity contribution >= 4 is 50.1 Å². The molecule has 1 spiro atoms. The molecule has 20 heavy (non-hydrogen) atoms. The number of amidine groups is 1. The van der Waals surface area contributed by atoms with Crippen molar-refractivity contribution in [3.05, 3.63) is 27.4 Å². The highest BCUT2D eigenvalue weighted by molar-refractivity contribution is 9.10. The lowest BCUT2D eigenvalue weighted by Gasteiger charge is -2.29. The van der Waals surface area contributed by atoms with Gasteiger partial charge in [0.15, 0.2) is 5.17 Å². The Hall–Kier alpha value is -0.300. The van der Waals surface area contributed by atoms with Crippen molar-refractivity contribution in [3.63, 3.8) is 0 Å². The minimum atomic E-state index is -0.366. The maximum absolute atomic E-state index is 13.2. The van der Waals surface area contributed by atoms with Crippen molar-refractivity contribution in [3.8, 4) is 0 Å². The second kappa shape index (κ2) is 5.83. The first-order valence-electron chi connectivity index (χ1n) is 6.30. The number of nitrogens with zero attached hydrogens (tertiary/aromatic N) is 1. The van der Waals surface area contributed by atoms with Crippen molar-refractivity contribution in [2.75, 3.05) is 24.3 Å². The number of hydrogen-bond acceptors (Lipinski definition) is 4. The summed E-state index contributed by atoms with van der Waals surface area (Å²) in [5, 5.41) is 4.38. The molecule has 0 aliphatic carbocycles. The lowest BCUT2D eigenvalue weighted by atomic mass is 9.93. The zero-order valence-electron chi connectivity index (χ0n) is 10.6. The summed E-state index contributed by atoms with van der Waals surface area (Å²) in [6, 6.07) is 2.68. The van der Waals surface area contributed by atoms with Crippen LogP contribution in [0.4, 0.5) is 10.1 Å². The molecule has 3 rings (SSSR count). The average Bonchev–Trinajstić information content (AvgIpc) is 2.77. The van der Waals surface area contributed by atoms with Crippen LogP contribution < -0.4 is 5.32 Å². The van der Waals surface area contributed by atoms with Gasteiger partial charge in [0.1, 0.15) is 5.82 Å². The molecule has 1 N–H and O–H groups in total. The fraction of sp³-hybridized carbons (Fsp3) is 0.462. The van der Waals surface area contributed by atoms with Gasteiger partial charge in [-0.1, -0.05) is 23.4 Å². The summed E-state index contributed by atoms with van der Waals surface area (Å²) in [6.45, 7) is 1.52.